The predicted molar refractivity (Wildman–Crippen MR) is 94.4 cm³/mol. The molecule has 2 aliphatic rings. The van der Waals surface area contributed by atoms with Gasteiger partial charge < -0.3 is 20.6 Å². The normalized spacial score (nSPS) is 37.5. The first-order chi connectivity index (χ1) is 10.9. The summed E-state index contributed by atoms with van der Waals surface area (Å²) in [7, 11) is 4.25. The first kappa shape index (κ1) is 18.7. The summed E-state index contributed by atoms with van der Waals surface area (Å²) in [5, 5.41) is 15.4. The number of nitrogens with two attached hydrogens (primary N) is 1. The van der Waals surface area contributed by atoms with Gasteiger partial charge in [0, 0.05) is 24.1 Å². The molecule has 2 saturated carbocycles. The van der Waals surface area contributed by atoms with Crippen molar-refractivity contribution in [1.29, 1.82) is 0 Å². The minimum Gasteiger partial charge on any atom is -0.395 e. The molecule has 5 heteroatoms. The summed E-state index contributed by atoms with van der Waals surface area (Å²) in [5.74, 6) is 0.977. The summed E-state index contributed by atoms with van der Waals surface area (Å²) < 4.78 is 0. The van der Waals surface area contributed by atoms with Crippen molar-refractivity contribution in [2.45, 2.75) is 57.5 Å². The van der Waals surface area contributed by atoms with E-state index >= 15 is 0 Å². The zero-order valence-corrected chi connectivity index (χ0v) is 15.1. The van der Waals surface area contributed by atoms with Crippen LogP contribution in [0, 0.1) is 17.3 Å². The van der Waals surface area contributed by atoms with Crippen LogP contribution >= 0.6 is 0 Å². The first-order valence-corrected chi connectivity index (χ1v) is 9.14. The van der Waals surface area contributed by atoms with Gasteiger partial charge in [0.1, 0.15) is 6.61 Å². The Hall–Kier alpha value is -0.650. The molecule has 0 saturated heterocycles. The fourth-order valence-corrected chi connectivity index (χ4v) is 4.58. The summed E-state index contributed by atoms with van der Waals surface area (Å²) in [6, 6.07) is 0. The van der Waals surface area contributed by atoms with E-state index in [2.05, 4.69) is 31.1 Å². The van der Waals surface area contributed by atoms with E-state index in [1.165, 1.54) is 19.3 Å². The van der Waals surface area contributed by atoms with Gasteiger partial charge in [0.05, 0.1) is 5.60 Å². The van der Waals surface area contributed by atoms with Crippen LogP contribution in [0.2, 0.25) is 0 Å². The maximum Gasteiger partial charge on any atom is 0.129 e. The van der Waals surface area contributed by atoms with Crippen LogP contribution in [0.3, 0.4) is 0 Å². The SMILES string of the molecule is CN(C)CCC[C@H]1CC[C@]2(C)[C@@H](C=NOCCN)CC[C@]2(O)C1. The number of rotatable bonds is 8. The van der Waals surface area contributed by atoms with Gasteiger partial charge in [0.15, 0.2) is 0 Å². The molecule has 0 aliphatic heterocycles. The average molecular weight is 325 g/mol. The van der Waals surface area contributed by atoms with Crippen LogP contribution in [0.5, 0.6) is 0 Å². The van der Waals surface area contributed by atoms with E-state index in [0.717, 1.165) is 32.2 Å². The summed E-state index contributed by atoms with van der Waals surface area (Å²) in [6.45, 7) is 4.33. The molecule has 2 fully saturated rings. The zero-order chi connectivity index (χ0) is 16.9. The maximum absolute atomic E-state index is 11.3. The van der Waals surface area contributed by atoms with Crippen molar-refractivity contribution in [3.8, 4) is 0 Å². The van der Waals surface area contributed by atoms with Crippen molar-refractivity contribution in [3.05, 3.63) is 0 Å². The second kappa shape index (κ2) is 7.95. The average Bonchev–Trinajstić information content (AvgIpc) is 2.75. The van der Waals surface area contributed by atoms with Gasteiger partial charge in [-0.25, -0.2) is 0 Å². The van der Waals surface area contributed by atoms with Gasteiger partial charge in [-0.15, -0.1) is 0 Å². The van der Waals surface area contributed by atoms with Gasteiger partial charge in [-0.2, -0.15) is 0 Å². The van der Waals surface area contributed by atoms with Crippen molar-refractivity contribution in [1.82, 2.24) is 4.90 Å². The fraction of sp³-hybridized carbons (Fsp3) is 0.944. The van der Waals surface area contributed by atoms with E-state index in [4.69, 9.17) is 10.6 Å². The molecular weight excluding hydrogens is 290 g/mol. The van der Waals surface area contributed by atoms with Crippen LogP contribution < -0.4 is 5.73 Å². The Morgan fingerprint density at radius 3 is 2.83 bits per heavy atom. The molecule has 0 spiro atoms. The minimum absolute atomic E-state index is 0.0549. The molecule has 3 N–H and O–H groups in total. The number of oxime groups is 1. The molecule has 0 unspecified atom stereocenters. The fourth-order valence-electron chi connectivity index (χ4n) is 4.58. The van der Waals surface area contributed by atoms with Crippen molar-refractivity contribution < 1.29 is 9.94 Å². The van der Waals surface area contributed by atoms with Gasteiger partial charge in [0.2, 0.25) is 0 Å². The zero-order valence-electron chi connectivity index (χ0n) is 15.1. The predicted octanol–water partition coefficient (Wildman–Crippen LogP) is 2.24. The molecule has 0 aromatic heterocycles. The standard InChI is InChI=1S/C18H35N3O2/c1-17-8-6-15(5-4-11-21(2)3)13-18(17,22)9-7-16(17)14-20-23-12-10-19/h14-16,22H,4-13,19H2,1-3H3/t15-,16+,17+,18-/m0/s1. The van der Waals surface area contributed by atoms with Crippen LogP contribution in [-0.4, -0.2) is 55.6 Å². The Balaban J connectivity index is 1.91. The second-order valence-corrected chi connectivity index (χ2v) is 8.02. The molecule has 0 aromatic rings. The molecule has 2 aliphatic carbocycles. The van der Waals surface area contributed by atoms with Gasteiger partial charge >= 0.3 is 0 Å². The van der Waals surface area contributed by atoms with E-state index in [0.29, 0.717) is 25.0 Å². The lowest BCUT2D eigenvalue weighted by molar-refractivity contribution is -0.107. The third kappa shape index (κ3) is 4.25. The van der Waals surface area contributed by atoms with Gasteiger partial charge in [0.25, 0.3) is 0 Å². The quantitative estimate of drug-likeness (QED) is 0.408. The number of nitrogens with zero attached hydrogens (tertiary/aromatic N) is 2. The first-order valence-electron chi connectivity index (χ1n) is 9.14. The summed E-state index contributed by atoms with van der Waals surface area (Å²) in [6.07, 6.45) is 9.53. The topological polar surface area (TPSA) is 71.1 Å². The third-order valence-electron chi connectivity index (χ3n) is 6.19. The van der Waals surface area contributed by atoms with Crippen LogP contribution in [-0.2, 0) is 4.84 Å². The molecule has 2 rings (SSSR count). The van der Waals surface area contributed by atoms with Crippen molar-refractivity contribution in [2.75, 3.05) is 33.8 Å². The third-order valence-corrected chi connectivity index (χ3v) is 6.19. The van der Waals surface area contributed by atoms with E-state index in [9.17, 15) is 5.11 Å². The Labute approximate surface area is 141 Å². The molecule has 0 bridgehead atoms. The molecule has 134 valence electrons. The number of hydrogen-bond acceptors (Lipinski definition) is 5. The molecule has 0 heterocycles. The Morgan fingerprint density at radius 1 is 1.35 bits per heavy atom. The lowest BCUT2D eigenvalue weighted by Gasteiger charge is -2.48. The van der Waals surface area contributed by atoms with E-state index in [1.807, 2.05) is 6.21 Å². The van der Waals surface area contributed by atoms with E-state index < -0.39 is 5.60 Å². The molecule has 0 radical (unpaired) electrons. The largest absolute Gasteiger partial charge is 0.395 e. The summed E-state index contributed by atoms with van der Waals surface area (Å²) in [5.41, 5.74) is 4.82. The summed E-state index contributed by atoms with van der Waals surface area (Å²) in [4.78, 5) is 7.40. The highest BCUT2D eigenvalue weighted by Gasteiger charge is 2.58. The maximum atomic E-state index is 11.3. The smallest absolute Gasteiger partial charge is 0.129 e. The van der Waals surface area contributed by atoms with Crippen LogP contribution in [0.1, 0.15) is 51.9 Å². The monoisotopic (exact) mass is 325 g/mol. The van der Waals surface area contributed by atoms with Crippen molar-refractivity contribution in [3.63, 3.8) is 0 Å². The highest BCUT2D eigenvalue weighted by atomic mass is 16.6. The Morgan fingerprint density at radius 2 is 2.13 bits per heavy atom. The highest BCUT2D eigenvalue weighted by Crippen LogP contribution is 2.59. The molecule has 0 aromatic carbocycles. The molecular formula is C18H35N3O2. The van der Waals surface area contributed by atoms with Crippen LogP contribution in [0.15, 0.2) is 5.16 Å². The van der Waals surface area contributed by atoms with Gasteiger partial charge in [-0.1, -0.05) is 12.1 Å². The lowest BCUT2D eigenvalue weighted by atomic mass is 9.60. The Kier molecular flexibility index (Phi) is 6.46. The van der Waals surface area contributed by atoms with Crippen LogP contribution in [0.25, 0.3) is 0 Å². The number of aliphatic hydroxyl groups is 1. The van der Waals surface area contributed by atoms with Gasteiger partial charge in [-0.3, -0.25) is 0 Å². The Bertz CT molecular complexity index is 402. The van der Waals surface area contributed by atoms with Crippen molar-refractivity contribution in [2.24, 2.45) is 28.1 Å². The van der Waals surface area contributed by atoms with E-state index in [-0.39, 0.29) is 5.41 Å². The highest BCUT2D eigenvalue weighted by molar-refractivity contribution is 5.62. The summed E-state index contributed by atoms with van der Waals surface area (Å²) >= 11 is 0. The molecule has 0 amide bonds. The number of hydrogen-bond donors (Lipinski definition) is 2. The molecule has 5 nitrogen and oxygen atoms in total. The number of fused-ring (bicyclic) bond motifs is 1. The lowest BCUT2D eigenvalue weighted by Crippen LogP contribution is -2.50. The molecule has 23 heavy (non-hydrogen) atoms. The van der Waals surface area contributed by atoms with E-state index in [1.54, 1.807) is 0 Å². The van der Waals surface area contributed by atoms with Crippen LogP contribution in [0.4, 0.5) is 0 Å². The van der Waals surface area contributed by atoms with Crippen molar-refractivity contribution >= 4 is 6.21 Å². The second-order valence-electron chi connectivity index (χ2n) is 8.02. The molecule has 4 atom stereocenters. The van der Waals surface area contributed by atoms with Gasteiger partial charge in [-0.05, 0) is 71.5 Å². The minimum atomic E-state index is -0.529.